The summed E-state index contributed by atoms with van der Waals surface area (Å²) in [6, 6.07) is 15.0. The van der Waals surface area contributed by atoms with Gasteiger partial charge in [-0.3, -0.25) is 4.79 Å². The number of hydrogen-bond acceptors (Lipinski definition) is 3. The molecule has 136 valence electrons. The van der Waals surface area contributed by atoms with E-state index in [0.29, 0.717) is 22.7 Å². The number of nitrogens with one attached hydrogen (secondary N) is 1. The molecule has 0 fully saturated rings. The Hall–Kier alpha value is -2.63. The van der Waals surface area contributed by atoms with Crippen molar-refractivity contribution in [2.24, 2.45) is 0 Å². The molecule has 2 N–H and O–H groups in total. The van der Waals surface area contributed by atoms with Crippen molar-refractivity contribution in [1.82, 2.24) is 0 Å². The minimum atomic E-state index is -1.00. The third-order valence-electron chi connectivity index (χ3n) is 4.71. The molecule has 0 bridgehead atoms. The van der Waals surface area contributed by atoms with Crippen LogP contribution in [0.25, 0.3) is 11.1 Å². The molecule has 4 rings (SSSR count). The van der Waals surface area contributed by atoms with Crippen LogP contribution in [-0.2, 0) is 4.79 Å². The summed E-state index contributed by atoms with van der Waals surface area (Å²) in [6.07, 6.45) is 0.301. The van der Waals surface area contributed by atoms with Crippen LogP contribution in [-0.4, -0.2) is 17.0 Å². The van der Waals surface area contributed by atoms with Crippen LogP contribution < -0.4 is 5.32 Å². The third-order valence-corrected chi connectivity index (χ3v) is 6.26. The van der Waals surface area contributed by atoms with E-state index in [-0.39, 0.29) is 16.7 Å². The molecule has 1 aliphatic heterocycles. The number of thiophene rings is 1. The van der Waals surface area contributed by atoms with Gasteiger partial charge in [0.25, 0.3) is 0 Å². The maximum Gasteiger partial charge on any atom is 0.346 e. The summed E-state index contributed by atoms with van der Waals surface area (Å²) in [5, 5.41) is 13.2. The lowest BCUT2D eigenvalue weighted by Gasteiger charge is -2.24. The van der Waals surface area contributed by atoms with Gasteiger partial charge in [0.15, 0.2) is 0 Å². The van der Waals surface area contributed by atoms with Gasteiger partial charge in [-0.25, -0.2) is 4.79 Å². The maximum absolute atomic E-state index is 12.4. The predicted molar refractivity (Wildman–Crippen MR) is 108 cm³/mol. The number of amides is 1. The summed E-state index contributed by atoms with van der Waals surface area (Å²) in [5.41, 5.74) is 4.01. The molecule has 1 aliphatic rings. The number of carboxylic acids is 1. The number of aromatic carboxylic acids is 1. The lowest BCUT2D eigenvalue weighted by atomic mass is 9.88. The van der Waals surface area contributed by atoms with Crippen molar-refractivity contribution in [3.05, 3.63) is 74.4 Å². The van der Waals surface area contributed by atoms with E-state index in [2.05, 4.69) is 5.32 Å². The summed E-state index contributed by atoms with van der Waals surface area (Å²) in [6.45, 7) is 2.01. The van der Waals surface area contributed by atoms with Gasteiger partial charge >= 0.3 is 5.97 Å². The minimum Gasteiger partial charge on any atom is -0.477 e. The molecule has 4 nitrogen and oxygen atoms in total. The van der Waals surface area contributed by atoms with Gasteiger partial charge in [-0.05, 0) is 30.2 Å². The zero-order valence-corrected chi connectivity index (χ0v) is 16.0. The van der Waals surface area contributed by atoms with E-state index >= 15 is 0 Å². The fourth-order valence-corrected chi connectivity index (χ4v) is 4.77. The van der Waals surface area contributed by atoms with Gasteiger partial charge in [-0.2, -0.15) is 0 Å². The molecule has 1 aromatic heterocycles. The van der Waals surface area contributed by atoms with Crippen molar-refractivity contribution >= 4 is 40.5 Å². The van der Waals surface area contributed by atoms with Gasteiger partial charge in [0.2, 0.25) is 5.91 Å². The molecule has 0 spiro atoms. The highest BCUT2D eigenvalue weighted by atomic mass is 35.5. The fraction of sp³-hybridized carbons (Fsp3) is 0.143. The third kappa shape index (κ3) is 3.24. The van der Waals surface area contributed by atoms with Crippen LogP contribution in [0.15, 0.2) is 48.5 Å². The van der Waals surface area contributed by atoms with E-state index in [1.807, 2.05) is 31.2 Å². The first kappa shape index (κ1) is 17.8. The van der Waals surface area contributed by atoms with Crippen LogP contribution in [0.5, 0.6) is 0 Å². The van der Waals surface area contributed by atoms with Crippen molar-refractivity contribution in [3.8, 4) is 11.1 Å². The van der Waals surface area contributed by atoms with Crippen LogP contribution in [0.1, 0.15) is 38.0 Å². The molecule has 0 radical (unpaired) electrons. The van der Waals surface area contributed by atoms with Crippen LogP contribution >= 0.6 is 22.9 Å². The predicted octanol–water partition coefficient (Wildman–Crippen LogP) is 5.55. The van der Waals surface area contributed by atoms with Crippen molar-refractivity contribution in [3.63, 3.8) is 0 Å². The van der Waals surface area contributed by atoms with Gasteiger partial charge < -0.3 is 10.4 Å². The second-order valence-corrected chi connectivity index (χ2v) is 8.06. The molecule has 1 atom stereocenters. The van der Waals surface area contributed by atoms with E-state index in [1.54, 1.807) is 24.3 Å². The summed E-state index contributed by atoms with van der Waals surface area (Å²) < 4.78 is 0. The Morgan fingerprint density at radius 3 is 2.44 bits per heavy atom. The Morgan fingerprint density at radius 2 is 1.81 bits per heavy atom. The average Bonchev–Trinajstić information content (AvgIpc) is 3.02. The monoisotopic (exact) mass is 397 g/mol. The number of benzene rings is 2. The Labute approximate surface area is 165 Å². The SMILES string of the molecule is Cc1ccc([C@H]2CC(=O)Nc3c2sc(C(=O)O)c3-c2ccc(Cl)cc2)cc1. The van der Waals surface area contributed by atoms with E-state index in [1.165, 1.54) is 11.3 Å². The molecule has 1 amide bonds. The van der Waals surface area contributed by atoms with E-state index in [9.17, 15) is 14.7 Å². The van der Waals surface area contributed by atoms with E-state index < -0.39 is 5.97 Å². The molecule has 2 aromatic carbocycles. The van der Waals surface area contributed by atoms with Crippen molar-refractivity contribution < 1.29 is 14.7 Å². The molecule has 0 saturated heterocycles. The van der Waals surface area contributed by atoms with Gasteiger partial charge in [0, 0.05) is 27.8 Å². The van der Waals surface area contributed by atoms with Crippen LogP contribution in [0.2, 0.25) is 5.02 Å². The number of rotatable bonds is 3. The molecule has 0 aliphatic carbocycles. The fourth-order valence-electron chi connectivity index (χ4n) is 3.40. The van der Waals surface area contributed by atoms with Gasteiger partial charge in [0.1, 0.15) is 4.88 Å². The first-order valence-corrected chi connectivity index (χ1v) is 9.66. The standard InChI is InChI=1S/C21H16ClNO3S/c1-11-2-4-12(5-3-11)15-10-16(24)23-18-17(13-6-8-14(22)9-7-13)20(21(25)26)27-19(15)18/h2-9,15H,10H2,1H3,(H,23,24)(H,25,26)/t15-/m1/s1. The second-order valence-electron chi connectivity index (χ2n) is 6.57. The van der Waals surface area contributed by atoms with Crippen molar-refractivity contribution in [1.29, 1.82) is 0 Å². The number of aryl methyl sites for hydroxylation is 1. The summed E-state index contributed by atoms with van der Waals surface area (Å²) in [5.74, 6) is -1.27. The highest BCUT2D eigenvalue weighted by Crippen LogP contribution is 2.49. The molecule has 6 heteroatoms. The lowest BCUT2D eigenvalue weighted by molar-refractivity contribution is -0.116. The largest absolute Gasteiger partial charge is 0.477 e. The molecule has 2 heterocycles. The van der Waals surface area contributed by atoms with E-state index in [0.717, 1.165) is 21.6 Å². The highest BCUT2D eigenvalue weighted by Gasteiger charge is 2.34. The number of carboxylic acid groups (broad SMARTS) is 1. The Balaban J connectivity index is 1.92. The van der Waals surface area contributed by atoms with Crippen LogP contribution in [0.4, 0.5) is 5.69 Å². The molecule has 3 aromatic rings. The molecule has 0 saturated carbocycles. The Kier molecular flexibility index (Phi) is 4.50. The first-order chi connectivity index (χ1) is 12.9. The van der Waals surface area contributed by atoms with Gasteiger partial charge in [-0.1, -0.05) is 53.6 Å². The van der Waals surface area contributed by atoms with Crippen molar-refractivity contribution in [2.45, 2.75) is 19.3 Å². The first-order valence-electron chi connectivity index (χ1n) is 8.46. The van der Waals surface area contributed by atoms with Crippen LogP contribution in [0, 0.1) is 6.92 Å². The number of anilines is 1. The number of halogens is 1. The Morgan fingerprint density at radius 1 is 1.15 bits per heavy atom. The number of fused-ring (bicyclic) bond motifs is 1. The highest BCUT2D eigenvalue weighted by molar-refractivity contribution is 7.15. The van der Waals surface area contributed by atoms with Crippen molar-refractivity contribution in [2.75, 3.05) is 5.32 Å². The normalized spacial score (nSPS) is 15.9. The smallest absolute Gasteiger partial charge is 0.346 e. The zero-order valence-electron chi connectivity index (χ0n) is 14.5. The minimum absolute atomic E-state index is 0.113. The number of carbonyl (C=O) groups is 2. The molecule has 27 heavy (non-hydrogen) atoms. The van der Waals surface area contributed by atoms with Gasteiger partial charge in [0.05, 0.1) is 5.69 Å². The lowest BCUT2D eigenvalue weighted by Crippen LogP contribution is -2.22. The zero-order chi connectivity index (χ0) is 19.1. The maximum atomic E-state index is 12.4. The summed E-state index contributed by atoms with van der Waals surface area (Å²) in [4.78, 5) is 25.4. The summed E-state index contributed by atoms with van der Waals surface area (Å²) >= 11 is 7.21. The molecular weight excluding hydrogens is 382 g/mol. The summed E-state index contributed by atoms with van der Waals surface area (Å²) in [7, 11) is 0. The topological polar surface area (TPSA) is 66.4 Å². The van der Waals surface area contributed by atoms with E-state index in [4.69, 9.17) is 11.6 Å². The molecular formula is C21H16ClNO3S. The van der Waals surface area contributed by atoms with Crippen LogP contribution in [0.3, 0.4) is 0 Å². The number of hydrogen-bond donors (Lipinski definition) is 2. The average molecular weight is 398 g/mol. The second kappa shape index (κ2) is 6.83. The molecule has 0 unspecified atom stereocenters. The Bertz CT molecular complexity index is 1040. The van der Waals surface area contributed by atoms with Gasteiger partial charge in [-0.15, -0.1) is 11.3 Å². The number of carbonyl (C=O) groups excluding carboxylic acids is 1. The quantitative estimate of drug-likeness (QED) is 0.608.